The van der Waals surface area contributed by atoms with Crippen molar-refractivity contribution in [1.82, 2.24) is 30.1 Å². The van der Waals surface area contributed by atoms with Crippen LogP contribution in [0.2, 0.25) is 0 Å². The molecule has 38 heavy (non-hydrogen) atoms. The van der Waals surface area contributed by atoms with Gasteiger partial charge in [0.05, 0.1) is 25.3 Å². The predicted molar refractivity (Wildman–Crippen MR) is 140 cm³/mol. The molecular weight excluding hydrogens is 489 g/mol. The molecular formula is C27H30FN7O3. The van der Waals surface area contributed by atoms with Gasteiger partial charge in [-0.15, -0.1) is 5.10 Å². The number of H-pyrrole nitrogens is 1. The summed E-state index contributed by atoms with van der Waals surface area (Å²) < 4.78 is 26.4. The standard InChI is InChI=1S/C27H30FN7O3/c1-37-21-9-4-18-15-23(27(36)29-24(18)16-21)25(26-30-31-32-35(26)17-22-3-2-14-38-22)34-12-10-33(11-13-34)20-7-5-19(28)6-8-20/h4-9,15-16,22,25H,2-3,10-14,17H2,1H3,(H,29,36)/t22-,25-/m1/s1. The number of rotatable bonds is 7. The second-order valence-corrected chi connectivity index (χ2v) is 9.76. The van der Waals surface area contributed by atoms with Gasteiger partial charge in [-0.1, -0.05) is 0 Å². The zero-order chi connectivity index (χ0) is 26.1. The van der Waals surface area contributed by atoms with Crippen molar-refractivity contribution in [2.24, 2.45) is 0 Å². The van der Waals surface area contributed by atoms with Gasteiger partial charge in [-0.3, -0.25) is 9.69 Å². The van der Waals surface area contributed by atoms with Crippen LogP contribution < -0.4 is 15.2 Å². The molecule has 0 unspecified atom stereocenters. The molecule has 2 aromatic carbocycles. The molecule has 1 N–H and O–H groups in total. The third-order valence-corrected chi connectivity index (χ3v) is 7.45. The summed E-state index contributed by atoms with van der Waals surface area (Å²) in [6.45, 7) is 4.07. The van der Waals surface area contributed by atoms with Gasteiger partial charge in [0, 0.05) is 50.1 Å². The summed E-state index contributed by atoms with van der Waals surface area (Å²) in [7, 11) is 1.60. The Kier molecular flexibility index (Phi) is 6.77. The van der Waals surface area contributed by atoms with Crippen molar-refractivity contribution in [3.05, 3.63) is 76.1 Å². The second-order valence-electron chi connectivity index (χ2n) is 9.76. The maximum absolute atomic E-state index is 13.5. The van der Waals surface area contributed by atoms with Crippen molar-refractivity contribution < 1.29 is 13.9 Å². The number of anilines is 1. The molecule has 0 amide bonds. The van der Waals surface area contributed by atoms with E-state index in [9.17, 15) is 9.18 Å². The van der Waals surface area contributed by atoms with Crippen LogP contribution in [0.15, 0.2) is 53.3 Å². The number of hydrogen-bond donors (Lipinski definition) is 1. The Bertz CT molecular complexity index is 1460. The molecule has 0 saturated carbocycles. The third kappa shape index (κ3) is 4.86. The van der Waals surface area contributed by atoms with E-state index in [1.165, 1.54) is 12.1 Å². The van der Waals surface area contributed by atoms with E-state index in [-0.39, 0.29) is 17.5 Å². The van der Waals surface area contributed by atoms with Crippen LogP contribution in [0.1, 0.15) is 30.3 Å². The lowest BCUT2D eigenvalue weighted by molar-refractivity contribution is 0.0906. The number of aromatic nitrogens is 5. The highest BCUT2D eigenvalue weighted by Crippen LogP contribution is 2.30. The van der Waals surface area contributed by atoms with E-state index in [1.54, 1.807) is 23.9 Å². The zero-order valence-electron chi connectivity index (χ0n) is 21.2. The number of tetrazole rings is 1. The quantitative estimate of drug-likeness (QED) is 0.398. The number of nitrogens with one attached hydrogen (secondary N) is 1. The van der Waals surface area contributed by atoms with E-state index in [0.717, 1.165) is 43.6 Å². The van der Waals surface area contributed by atoms with Crippen LogP contribution >= 0.6 is 0 Å². The van der Waals surface area contributed by atoms with Crippen LogP contribution in [0, 0.1) is 5.82 Å². The Morgan fingerprint density at radius 3 is 2.68 bits per heavy atom. The summed E-state index contributed by atoms with van der Waals surface area (Å²) in [5.41, 5.74) is 2.07. The minimum Gasteiger partial charge on any atom is -0.497 e. The normalized spacial score (nSPS) is 19.2. The molecule has 0 bridgehead atoms. The zero-order valence-corrected chi connectivity index (χ0v) is 21.2. The highest BCUT2D eigenvalue weighted by atomic mass is 19.1. The molecule has 0 aliphatic carbocycles. The number of fused-ring (bicyclic) bond motifs is 1. The molecule has 2 aliphatic heterocycles. The fraction of sp³-hybridized carbons (Fsp3) is 0.407. The molecule has 4 heterocycles. The summed E-state index contributed by atoms with van der Waals surface area (Å²) in [6, 6.07) is 13.7. The molecule has 0 radical (unpaired) electrons. The van der Waals surface area contributed by atoms with Gasteiger partial charge in [0.2, 0.25) is 0 Å². The molecule has 0 spiro atoms. The lowest BCUT2D eigenvalue weighted by atomic mass is 10.0. The first-order valence-electron chi connectivity index (χ1n) is 12.9. The molecule has 4 aromatic rings. The first-order chi connectivity index (χ1) is 18.6. The van der Waals surface area contributed by atoms with Crippen molar-refractivity contribution in [1.29, 1.82) is 0 Å². The summed E-state index contributed by atoms with van der Waals surface area (Å²) in [4.78, 5) is 21.0. The van der Waals surface area contributed by atoms with Crippen molar-refractivity contribution in [3.8, 4) is 5.75 Å². The third-order valence-electron chi connectivity index (χ3n) is 7.45. The molecule has 2 aliphatic rings. The van der Waals surface area contributed by atoms with E-state index in [4.69, 9.17) is 9.47 Å². The first kappa shape index (κ1) is 24.5. The Labute approximate surface area is 219 Å². The van der Waals surface area contributed by atoms with Crippen LogP contribution in [-0.4, -0.2) is 76.1 Å². The van der Waals surface area contributed by atoms with Crippen LogP contribution in [0.4, 0.5) is 10.1 Å². The fourth-order valence-corrected chi connectivity index (χ4v) is 5.44. The maximum atomic E-state index is 13.5. The molecule has 2 saturated heterocycles. The summed E-state index contributed by atoms with van der Waals surface area (Å²) >= 11 is 0. The smallest absolute Gasteiger partial charge is 0.253 e. The van der Waals surface area contributed by atoms with Gasteiger partial charge < -0.3 is 19.4 Å². The summed E-state index contributed by atoms with van der Waals surface area (Å²) in [5, 5.41) is 13.6. The second kappa shape index (κ2) is 10.5. The average molecular weight is 520 g/mol. The Hall–Kier alpha value is -3.83. The van der Waals surface area contributed by atoms with Crippen LogP contribution in [0.5, 0.6) is 5.75 Å². The monoisotopic (exact) mass is 519 g/mol. The number of piperazine rings is 1. The van der Waals surface area contributed by atoms with Crippen molar-refractivity contribution >= 4 is 16.6 Å². The van der Waals surface area contributed by atoms with E-state index in [0.29, 0.717) is 42.3 Å². The number of nitrogens with zero attached hydrogens (tertiary/aromatic N) is 6. The van der Waals surface area contributed by atoms with Crippen molar-refractivity contribution in [2.75, 3.05) is 44.8 Å². The average Bonchev–Trinajstić information content (AvgIpc) is 3.63. The number of aromatic amines is 1. The van der Waals surface area contributed by atoms with Crippen LogP contribution in [-0.2, 0) is 11.3 Å². The summed E-state index contributed by atoms with van der Waals surface area (Å²) in [5.74, 6) is 1.04. The Morgan fingerprint density at radius 1 is 1.13 bits per heavy atom. The SMILES string of the molecule is COc1ccc2cc([C@H](c3nnnn3C[C@H]3CCCO3)N3CCN(c4ccc(F)cc4)CC3)c(=O)[nH]c2c1. The fourth-order valence-electron chi connectivity index (χ4n) is 5.44. The Balaban J connectivity index is 1.35. The number of pyridine rings is 1. The van der Waals surface area contributed by atoms with Gasteiger partial charge in [-0.05, 0) is 71.1 Å². The van der Waals surface area contributed by atoms with Gasteiger partial charge in [-0.2, -0.15) is 0 Å². The minimum absolute atomic E-state index is 0.0515. The maximum Gasteiger partial charge on any atom is 0.253 e. The lowest BCUT2D eigenvalue weighted by Crippen LogP contribution is -2.49. The van der Waals surface area contributed by atoms with Crippen LogP contribution in [0.3, 0.4) is 0 Å². The van der Waals surface area contributed by atoms with Gasteiger partial charge in [0.25, 0.3) is 5.56 Å². The first-order valence-corrected chi connectivity index (χ1v) is 12.9. The summed E-state index contributed by atoms with van der Waals surface area (Å²) in [6.07, 6.45) is 2.03. The topological polar surface area (TPSA) is 101 Å². The van der Waals surface area contributed by atoms with Crippen molar-refractivity contribution in [2.45, 2.75) is 31.5 Å². The predicted octanol–water partition coefficient (Wildman–Crippen LogP) is 2.75. The van der Waals surface area contributed by atoms with E-state index >= 15 is 0 Å². The van der Waals surface area contributed by atoms with Crippen molar-refractivity contribution in [3.63, 3.8) is 0 Å². The number of hydrogen-bond acceptors (Lipinski definition) is 8. The van der Waals surface area contributed by atoms with Gasteiger partial charge in [0.15, 0.2) is 5.82 Å². The molecule has 2 atom stereocenters. The van der Waals surface area contributed by atoms with Gasteiger partial charge >= 0.3 is 0 Å². The molecule has 198 valence electrons. The number of halogens is 1. The van der Waals surface area contributed by atoms with Gasteiger partial charge in [-0.25, -0.2) is 9.07 Å². The largest absolute Gasteiger partial charge is 0.497 e. The highest BCUT2D eigenvalue weighted by Gasteiger charge is 2.33. The molecule has 10 nitrogen and oxygen atoms in total. The minimum atomic E-state index is -0.447. The number of ether oxygens (including phenoxy) is 2. The molecule has 6 rings (SSSR count). The van der Waals surface area contributed by atoms with Gasteiger partial charge in [0.1, 0.15) is 17.6 Å². The number of methoxy groups -OCH3 is 1. The Morgan fingerprint density at radius 2 is 1.95 bits per heavy atom. The highest BCUT2D eigenvalue weighted by molar-refractivity contribution is 5.80. The van der Waals surface area contributed by atoms with E-state index in [2.05, 4.69) is 30.3 Å². The lowest BCUT2D eigenvalue weighted by Gasteiger charge is -2.39. The van der Waals surface area contributed by atoms with E-state index in [1.807, 2.05) is 24.3 Å². The number of benzene rings is 2. The van der Waals surface area contributed by atoms with E-state index < -0.39 is 6.04 Å². The molecule has 11 heteroatoms. The van der Waals surface area contributed by atoms with Crippen LogP contribution in [0.25, 0.3) is 10.9 Å². The molecule has 2 aromatic heterocycles. The molecule has 2 fully saturated rings.